The number of aromatic nitrogens is 2. The van der Waals surface area contributed by atoms with E-state index in [1.54, 1.807) is 13.3 Å². The summed E-state index contributed by atoms with van der Waals surface area (Å²) in [6, 6.07) is 13.5. The van der Waals surface area contributed by atoms with Gasteiger partial charge >= 0.3 is 0 Å². The monoisotopic (exact) mass is 347 g/mol. The largest absolute Gasteiger partial charge is 0.495 e. The normalized spacial score (nSPS) is 17.7. The molecule has 3 aromatic rings. The van der Waals surface area contributed by atoms with Crippen LogP contribution in [0.3, 0.4) is 0 Å². The maximum atomic E-state index is 5.28. The van der Waals surface area contributed by atoms with Gasteiger partial charge in [-0.2, -0.15) is 0 Å². The predicted molar refractivity (Wildman–Crippen MR) is 105 cm³/mol. The Morgan fingerprint density at radius 3 is 2.85 bits per heavy atom. The zero-order valence-electron chi connectivity index (χ0n) is 15.5. The van der Waals surface area contributed by atoms with Gasteiger partial charge in [-0.25, -0.2) is 0 Å². The first-order valence-electron chi connectivity index (χ1n) is 9.36. The minimum atomic E-state index is 0.717. The van der Waals surface area contributed by atoms with Crippen LogP contribution in [0.15, 0.2) is 48.8 Å². The number of pyridine rings is 2. The van der Waals surface area contributed by atoms with E-state index >= 15 is 0 Å². The van der Waals surface area contributed by atoms with Crippen molar-refractivity contribution in [3.63, 3.8) is 0 Å². The fourth-order valence-electron chi connectivity index (χ4n) is 3.76. The van der Waals surface area contributed by atoms with E-state index in [2.05, 4.69) is 47.1 Å². The Morgan fingerprint density at radius 2 is 2.04 bits per heavy atom. The lowest BCUT2D eigenvalue weighted by molar-refractivity contribution is 0.271. The van der Waals surface area contributed by atoms with Gasteiger partial charge in [0.2, 0.25) is 0 Å². The van der Waals surface area contributed by atoms with Crippen LogP contribution in [0.25, 0.3) is 22.0 Å². The summed E-state index contributed by atoms with van der Waals surface area (Å²) in [5, 5.41) is 1.16. The molecule has 1 aliphatic heterocycles. The number of benzene rings is 1. The highest BCUT2D eigenvalue weighted by Crippen LogP contribution is 2.26. The summed E-state index contributed by atoms with van der Waals surface area (Å²) in [5.41, 5.74) is 4.41. The molecule has 1 aliphatic rings. The molecule has 1 aromatic carbocycles. The van der Waals surface area contributed by atoms with Crippen molar-refractivity contribution in [2.45, 2.75) is 32.2 Å². The highest BCUT2D eigenvalue weighted by atomic mass is 16.5. The lowest BCUT2D eigenvalue weighted by Gasteiger charge is -2.20. The topological polar surface area (TPSA) is 38.3 Å². The molecule has 0 radical (unpaired) electrons. The van der Waals surface area contributed by atoms with Crippen LogP contribution in [0.1, 0.15) is 25.5 Å². The molecule has 3 heterocycles. The van der Waals surface area contributed by atoms with E-state index < -0.39 is 0 Å². The zero-order chi connectivity index (χ0) is 17.9. The van der Waals surface area contributed by atoms with Crippen LogP contribution in [0.4, 0.5) is 0 Å². The van der Waals surface area contributed by atoms with E-state index in [0.29, 0.717) is 0 Å². The summed E-state index contributed by atoms with van der Waals surface area (Å²) in [4.78, 5) is 11.7. The summed E-state index contributed by atoms with van der Waals surface area (Å²) in [6.45, 7) is 4.66. The Kier molecular flexibility index (Phi) is 4.85. The van der Waals surface area contributed by atoms with Gasteiger partial charge in [0.15, 0.2) is 0 Å². The molecule has 26 heavy (non-hydrogen) atoms. The molecule has 0 saturated carbocycles. The Hall–Kier alpha value is -2.46. The molecule has 0 N–H and O–H groups in total. The van der Waals surface area contributed by atoms with Crippen molar-refractivity contribution in [3.8, 4) is 16.9 Å². The molecule has 134 valence electrons. The van der Waals surface area contributed by atoms with E-state index in [1.807, 2.05) is 12.3 Å². The fourth-order valence-corrected chi connectivity index (χ4v) is 3.76. The van der Waals surface area contributed by atoms with Crippen molar-refractivity contribution in [1.29, 1.82) is 0 Å². The number of nitrogens with zero attached hydrogens (tertiary/aromatic N) is 3. The van der Waals surface area contributed by atoms with Crippen molar-refractivity contribution in [2.75, 3.05) is 20.2 Å². The molecular weight excluding hydrogens is 322 g/mol. The number of hydrogen-bond acceptors (Lipinski definition) is 4. The molecule has 1 fully saturated rings. The van der Waals surface area contributed by atoms with E-state index in [9.17, 15) is 0 Å². The third-order valence-corrected chi connectivity index (χ3v) is 5.37. The van der Waals surface area contributed by atoms with Crippen LogP contribution >= 0.6 is 0 Å². The molecule has 0 amide bonds. The van der Waals surface area contributed by atoms with E-state index in [-0.39, 0.29) is 0 Å². The first-order chi connectivity index (χ1) is 12.7. The quantitative estimate of drug-likeness (QED) is 0.688. The molecule has 4 heteroatoms. The predicted octanol–water partition coefficient (Wildman–Crippen LogP) is 4.33. The summed E-state index contributed by atoms with van der Waals surface area (Å²) >= 11 is 0. The van der Waals surface area contributed by atoms with Crippen LogP contribution in [-0.2, 0) is 6.42 Å². The minimum Gasteiger partial charge on any atom is -0.495 e. The summed E-state index contributed by atoms with van der Waals surface area (Å²) in [7, 11) is 1.66. The van der Waals surface area contributed by atoms with E-state index in [0.717, 1.165) is 46.8 Å². The lowest BCUT2D eigenvalue weighted by atomic mass is 10.0. The molecule has 1 atom stereocenters. The summed E-state index contributed by atoms with van der Waals surface area (Å²) in [5.74, 6) is 0.771. The molecule has 0 aliphatic carbocycles. The van der Waals surface area contributed by atoms with Gasteiger partial charge in [0.1, 0.15) is 5.75 Å². The van der Waals surface area contributed by atoms with Crippen molar-refractivity contribution >= 4 is 10.9 Å². The molecule has 4 nitrogen and oxygen atoms in total. The van der Waals surface area contributed by atoms with Gasteiger partial charge in [0.25, 0.3) is 0 Å². The Bertz CT molecular complexity index is 909. The lowest BCUT2D eigenvalue weighted by Crippen LogP contribution is -2.29. The Morgan fingerprint density at radius 1 is 1.12 bits per heavy atom. The van der Waals surface area contributed by atoms with Crippen LogP contribution in [0.2, 0.25) is 0 Å². The second-order valence-corrected chi connectivity index (χ2v) is 7.10. The average molecular weight is 347 g/mol. The Labute approximate surface area is 154 Å². The molecular formula is C22H25N3O. The van der Waals surface area contributed by atoms with Crippen molar-refractivity contribution in [2.24, 2.45) is 0 Å². The average Bonchev–Trinajstić information content (AvgIpc) is 3.10. The highest BCUT2D eigenvalue weighted by molar-refractivity contribution is 5.84. The van der Waals surface area contributed by atoms with Gasteiger partial charge in [0.05, 0.1) is 18.8 Å². The third kappa shape index (κ3) is 3.56. The van der Waals surface area contributed by atoms with Crippen LogP contribution < -0.4 is 4.74 Å². The maximum Gasteiger partial charge on any atom is 0.137 e. The molecule has 0 spiro atoms. The van der Waals surface area contributed by atoms with E-state index in [1.165, 1.54) is 25.1 Å². The number of rotatable bonds is 5. The van der Waals surface area contributed by atoms with Gasteiger partial charge in [-0.05, 0) is 56.1 Å². The first kappa shape index (κ1) is 17.0. The number of ether oxygens (including phenoxy) is 1. The molecule has 1 unspecified atom stereocenters. The van der Waals surface area contributed by atoms with E-state index in [4.69, 9.17) is 9.72 Å². The van der Waals surface area contributed by atoms with Gasteiger partial charge < -0.3 is 9.64 Å². The van der Waals surface area contributed by atoms with Crippen molar-refractivity contribution < 1.29 is 4.74 Å². The summed E-state index contributed by atoms with van der Waals surface area (Å²) < 4.78 is 5.28. The van der Waals surface area contributed by atoms with Crippen LogP contribution in [0.5, 0.6) is 5.75 Å². The highest BCUT2D eigenvalue weighted by Gasteiger charge is 2.19. The van der Waals surface area contributed by atoms with Crippen LogP contribution in [-0.4, -0.2) is 41.1 Å². The van der Waals surface area contributed by atoms with Gasteiger partial charge in [-0.1, -0.05) is 12.1 Å². The molecule has 0 bridgehead atoms. The molecule has 2 aromatic heterocycles. The number of fused-ring (bicyclic) bond motifs is 1. The SMILES string of the molecule is COc1cncc(-c2ccc3nc(CCN4CCCC4C)ccc3c2)c1. The van der Waals surface area contributed by atoms with Crippen LogP contribution in [0, 0.1) is 0 Å². The maximum absolute atomic E-state index is 5.28. The fraction of sp³-hybridized carbons (Fsp3) is 0.364. The second kappa shape index (κ2) is 7.42. The number of hydrogen-bond donors (Lipinski definition) is 0. The van der Waals surface area contributed by atoms with Gasteiger partial charge in [-0.15, -0.1) is 0 Å². The third-order valence-electron chi connectivity index (χ3n) is 5.37. The molecule has 1 saturated heterocycles. The van der Waals surface area contributed by atoms with Crippen molar-refractivity contribution in [1.82, 2.24) is 14.9 Å². The smallest absolute Gasteiger partial charge is 0.137 e. The Balaban J connectivity index is 1.54. The number of likely N-dealkylation sites (tertiary alicyclic amines) is 1. The standard InChI is InChI=1S/C22H25N3O/c1-16-4-3-10-25(16)11-9-20-7-5-18-12-17(6-8-22(18)24-20)19-13-21(26-2)15-23-14-19/h5-8,12-16H,3-4,9-11H2,1-2H3. The second-order valence-electron chi connectivity index (χ2n) is 7.10. The number of methoxy groups -OCH3 is 1. The minimum absolute atomic E-state index is 0.717. The molecule has 4 rings (SSSR count). The van der Waals surface area contributed by atoms with Crippen molar-refractivity contribution in [3.05, 3.63) is 54.5 Å². The summed E-state index contributed by atoms with van der Waals surface area (Å²) in [6.07, 6.45) is 7.26. The van der Waals surface area contributed by atoms with Gasteiger partial charge in [0, 0.05) is 41.8 Å². The first-order valence-corrected chi connectivity index (χ1v) is 9.36. The van der Waals surface area contributed by atoms with Gasteiger partial charge in [-0.3, -0.25) is 9.97 Å². The zero-order valence-corrected chi connectivity index (χ0v) is 15.5.